The molecule has 2 aliphatic heterocycles. The minimum Gasteiger partial charge on any atom is -0.381 e. The van der Waals surface area contributed by atoms with Crippen LogP contribution in [0.4, 0.5) is 4.79 Å². The van der Waals surface area contributed by atoms with Crippen molar-refractivity contribution >= 4 is 16.1 Å². The molecule has 7 nitrogen and oxygen atoms in total. The Labute approximate surface area is 126 Å². The highest BCUT2D eigenvalue weighted by atomic mass is 32.2. The molecule has 0 spiro atoms. The molecule has 8 heteroatoms. The lowest BCUT2D eigenvalue weighted by Gasteiger charge is -2.31. The normalized spacial score (nSPS) is 28.0. The number of sulfonamides is 1. The fourth-order valence-electron chi connectivity index (χ4n) is 2.80. The third kappa shape index (κ3) is 5.44. The number of carbonyl (C=O) groups excluding carboxylic acids is 1. The smallest absolute Gasteiger partial charge is 0.315 e. The average molecular weight is 319 g/mol. The second-order valence-corrected chi connectivity index (χ2v) is 7.88. The summed E-state index contributed by atoms with van der Waals surface area (Å²) in [5, 5.41) is 5.72. The van der Waals surface area contributed by atoms with E-state index < -0.39 is 10.0 Å². The Morgan fingerprint density at radius 2 is 2.14 bits per heavy atom. The maximum Gasteiger partial charge on any atom is 0.315 e. The number of nitrogens with one attached hydrogen (secondary N) is 2. The summed E-state index contributed by atoms with van der Waals surface area (Å²) in [6.45, 7) is 3.02. The van der Waals surface area contributed by atoms with Gasteiger partial charge in [-0.1, -0.05) is 0 Å². The predicted octanol–water partition coefficient (Wildman–Crippen LogP) is 0.136. The third-order valence-corrected chi connectivity index (χ3v) is 5.26. The number of rotatable bonds is 4. The van der Waals surface area contributed by atoms with Gasteiger partial charge in [0.15, 0.2) is 0 Å². The number of ether oxygens (including phenoxy) is 1. The summed E-state index contributed by atoms with van der Waals surface area (Å²) in [5.41, 5.74) is 0. The molecule has 0 bridgehead atoms. The zero-order valence-corrected chi connectivity index (χ0v) is 13.3. The van der Waals surface area contributed by atoms with Crippen molar-refractivity contribution in [1.29, 1.82) is 0 Å². The molecule has 2 N–H and O–H groups in total. The molecule has 0 aromatic rings. The van der Waals surface area contributed by atoms with E-state index in [4.69, 9.17) is 4.74 Å². The molecule has 0 radical (unpaired) electrons. The van der Waals surface area contributed by atoms with E-state index in [1.807, 2.05) is 0 Å². The Balaban J connectivity index is 1.71. The molecule has 2 fully saturated rings. The first kappa shape index (κ1) is 16.5. The van der Waals surface area contributed by atoms with Crippen molar-refractivity contribution in [2.24, 2.45) is 5.92 Å². The minimum atomic E-state index is -3.18. The summed E-state index contributed by atoms with van der Waals surface area (Å²) in [6, 6.07) is -0.336. The lowest BCUT2D eigenvalue weighted by Crippen LogP contribution is -2.52. The van der Waals surface area contributed by atoms with Crippen LogP contribution in [0.3, 0.4) is 0 Å². The molecule has 2 amide bonds. The van der Waals surface area contributed by atoms with Gasteiger partial charge in [0, 0.05) is 32.3 Å². The van der Waals surface area contributed by atoms with Crippen LogP contribution in [0.25, 0.3) is 0 Å². The Morgan fingerprint density at radius 1 is 1.33 bits per heavy atom. The van der Waals surface area contributed by atoms with Crippen LogP contribution < -0.4 is 10.6 Å². The topological polar surface area (TPSA) is 87.7 Å². The Bertz CT molecular complexity index is 448. The average Bonchev–Trinajstić information content (AvgIpc) is 2.46. The van der Waals surface area contributed by atoms with E-state index in [9.17, 15) is 13.2 Å². The van der Waals surface area contributed by atoms with E-state index in [2.05, 4.69) is 10.6 Å². The van der Waals surface area contributed by atoms with Gasteiger partial charge in [-0.15, -0.1) is 0 Å². The number of carbonyl (C=O) groups is 1. The number of nitrogens with zero attached hydrogens (tertiary/aromatic N) is 1. The number of hydrogen-bond donors (Lipinski definition) is 2. The SMILES string of the molecule is CS(=O)(=O)N1CCCC(NC(=O)NCC2CCCOC2)C1. The molecule has 122 valence electrons. The number of hydrogen-bond acceptors (Lipinski definition) is 4. The van der Waals surface area contributed by atoms with E-state index in [1.165, 1.54) is 10.6 Å². The van der Waals surface area contributed by atoms with E-state index in [0.29, 0.717) is 32.2 Å². The summed E-state index contributed by atoms with van der Waals surface area (Å²) < 4.78 is 29.9. The van der Waals surface area contributed by atoms with Gasteiger partial charge in [-0.05, 0) is 31.6 Å². The molecule has 2 heterocycles. The lowest BCUT2D eigenvalue weighted by atomic mass is 10.0. The van der Waals surface area contributed by atoms with E-state index in [-0.39, 0.29) is 12.1 Å². The molecule has 2 atom stereocenters. The highest BCUT2D eigenvalue weighted by Gasteiger charge is 2.26. The first-order valence-corrected chi connectivity index (χ1v) is 9.37. The first-order chi connectivity index (χ1) is 9.95. The van der Waals surface area contributed by atoms with Crippen molar-refractivity contribution < 1.29 is 17.9 Å². The molecule has 2 saturated heterocycles. The predicted molar refractivity (Wildman–Crippen MR) is 79.5 cm³/mol. The van der Waals surface area contributed by atoms with Gasteiger partial charge in [-0.2, -0.15) is 0 Å². The molecule has 2 unspecified atom stereocenters. The van der Waals surface area contributed by atoms with E-state index in [0.717, 1.165) is 32.3 Å². The highest BCUT2D eigenvalue weighted by Crippen LogP contribution is 2.14. The maximum absolute atomic E-state index is 11.9. The van der Waals surface area contributed by atoms with Crippen molar-refractivity contribution in [2.45, 2.75) is 31.7 Å². The summed E-state index contributed by atoms with van der Waals surface area (Å²) in [7, 11) is -3.18. The van der Waals surface area contributed by atoms with Crippen LogP contribution in [0, 0.1) is 5.92 Å². The molecule has 0 aliphatic carbocycles. The van der Waals surface area contributed by atoms with Crippen LogP contribution in [-0.4, -0.2) is 63.9 Å². The van der Waals surface area contributed by atoms with Gasteiger partial charge in [-0.25, -0.2) is 17.5 Å². The van der Waals surface area contributed by atoms with Crippen LogP contribution in [-0.2, 0) is 14.8 Å². The highest BCUT2D eigenvalue weighted by molar-refractivity contribution is 7.88. The van der Waals surface area contributed by atoms with Gasteiger partial charge in [0.05, 0.1) is 12.9 Å². The summed E-state index contributed by atoms with van der Waals surface area (Å²) in [4.78, 5) is 11.9. The molecule has 0 saturated carbocycles. The summed E-state index contributed by atoms with van der Waals surface area (Å²) in [5.74, 6) is 0.378. The number of urea groups is 1. The van der Waals surface area contributed by atoms with Crippen LogP contribution in [0.1, 0.15) is 25.7 Å². The van der Waals surface area contributed by atoms with Crippen molar-refractivity contribution in [3.05, 3.63) is 0 Å². The van der Waals surface area contributed by atoms with Crippen molar-refractivity contribution in [1.82, 2.24) is 14.9 Å². The van der Waals surface area contributed by atoms with Crippen LogP contribution in [0.2, 0.25) is 0 Å². The lowest BCUT2D eigenvalue weighted by molar-refractivity contribution is 0.0557. The second kappa shape index (κ2) is 7.42. The zero-order valence-electron chi connectivity index (χ0n) is 12.5. The Hall–Kier alpha value is -0.860. The minimum absolute atomic E-state index is 0.115. The van der Waals surface area contributed by atoms with Crippen molar-refractivity contribution in [3.63, 3.8) is 0 Å². The molecule has 2 aliphatic rings. The van der Waals surface area contributed by atoms with Gasteiger partial charge < -0.3 is 15.4 Å². The third-order valence-electron chi connectivity index (χ3n) is 3.99. The van der Waals surface area contributed by atoms with Crippen LogP contribution in [0.5, 0.6) is 0 Å². The van der Waals surface area contributed by atoms with Crippen LogP contribution in [0.15, 0.2) is 0 Å². The molecule has 0 aromatic carbocycles. The van der Waals surface area contributed by atoms with E-state index >= 15 is 0 Å². The van der Waals surface area contributed by atoms with Crippen molar-refractivity contribution in [3.8, 4) is 0 Å². The molecular formula is C13H25N3O4S. The number of piperidine rings is 1. The van der Waals surface area contributed by atoms with Gasteiger partial charge >= 0.3 is 6.03 Å². The molecule has 0 aromatic heterocycles. The largest absolute Gasteiger partial charge is 0.381 e. The summed E-state index contributed by atoms with van der Waals surface area (Å²) in [6.07, 6.45) is 4.91. The van der Waals surface area contributed by atoms with Gasteiger partial charge in [0.25, 0.3) is 0 Å². The van der Waals surface area contributed by atoms with Gasteiger partial charge in [0.1, 0.15) is 0 Å². The maximum atomic E-state index is 11.9. The van der Waals surface area contributed by atoms with Gasteiger partial charge in [0.2, 0.25) is 10.0 Å². The molecule has 2 rings (SSSR count). The molecular weight excluding hydrogens is 294 g/mol. The summed E-state index contributed by atoms with van der Waals surface area (Å²) >= 11 is 0. The number of amides is 2. The quantitative estimate of drug-likeness (QED) is 0.771. The Kier molecular flexibility index (Phi) is 5.83. The van der Waals surface area contributed by atoms with Crippen LogP contribution >= 0.6 is 0 Å². The van der Waals surface area contributed by atoms with Gasteiger partial charge in [-0.3, -0.25) is 0 Å². The Morgan fingerprint density at radius 3 is 2.81 bits per heavy atom. The van der Waals surface area contributed by atoms with E-state index in [1.54, 1.807) is 0 Å². The van der Waals surface area contributed by atoms with Crippen molar-refractivity contribution in [2.75, 3.05) is 39.1 Å². The zero-order chi connectivity index (χ0) is 15.3. The fourth-order valence-corrected chi connectivity index (χ4v) is 3.71. The molecule has 21 heavy (non-hydrogen) atoms. The fraction of sp³-hybridized carbons (Fsp3) is 0.923. The second-order valence-electron chi connectivity index (χ2n) is 5.90. The monoisotopic (exact) mass is 319 g/mol. The standard InChI is InChI=1S/C13H25N3O4S/c1-21(18,19)16-6-2-5-12(9-16)15-13(17)14-8-11-4-3-7-20-10-11/h11-12H,2-10H2,1H3,(H2,14,15,17). The first-order valence-electron chi connectivity index (χ1n) is 7.52.